The van der Waals surface area contributed by atoms with Crippen LogP contribution < -0.4 is 16.0 Å². The standard InChI is InChI=1S/C15H29N3O2/c19-15(18-13-5-2-1-3-6-13)17-9-4-12-20-14-7-10-16-11-8-14/h13-14,16H,1-12H2,(H2,17,18,19). The molecular formula is C15H29N3O2. The fraction of sp³-hybridized carbons (Fsp3) is 0.933. The van der Waals surface area contributed by atoms with E-state index in [0.29, 0.717) is 18.7 Å². The molecule has 0 aromatic rings. The summed E-state index contributed by atoms with van der Waals surface area (Å²) in [7, 11) is 0. The molecule has 0 atom stereocenters. The molecule has 0 bridgehead atoms. The average molecular weight is 283 g/mol. The summed E-state index contributed by atoms with van der Waals surface area (Å²) < 4.78 is 5.80. The van der Waals surface area contributed by atoms with Gasteiger partial charge in [0, 0.05) is 19.2 Å². The van der Waals surface area contributed by atoms with Crippen LogP contribution in [0, 0.1) is 0 Å². The first-order valence-electron chi connectivity index (χ1n) is 8.21. The molecule has 1 aliphatic carbocycles. The summed E-state index contributed by atoms with van der Waals surface area (Å²) >= 11 is 0. The van der Waals surface area contributed by atoms with Crippen LogP contribution in [0.1, 0.15) is 51.4 Å². The summed E-state index contributed by atoms with van der Waals surface area (Å²) in [6.07, 6.45) is 9.58. The van der Waals surface area contributed by atoms with Crippen molar-refractivity contribution in [2.45, 2.75) is 63.5 Å². The second-order valence-corrected chi connectivity index (χ2v) is 5.91. The van der Waals surface area contributed by atoms with E-state index in [-0.39, 0.29) is 6.03 Å². The lowest BCUT2D eigenvalue weighted by molar-refractivity contribution is 0.0320. The summed E-state index contributed by atoms with van der Waals surface area (Å²) in [5, 5.41) is 9.31. The molecule has 1 aliphatic heterocycles. The summed E-state index contributed by atoms with van der Waals surface area (Å²) in [4.78, 5) is 11.7. The van der Waals surface area contributed by atoms with E-state index in [1.54, 1.807) is 0 Å². The molecule has 0 spiro atoms. The van der Waals surface area contributed by atoms with Gasteiger partial charge in [0.2, 0.25) is 0 Å². The van der Waals surface area contributed by atoms with Crippen molar-refractivity contribution >= 4 is 6.03 Å². The molecule has 1 saturated heterocycles. The van der Waals surface area contributed by atoms with Crippen LogP contribution in [0.15, 0.2) is 0 Å². The number of hydrogen-bond acceptors (Lipinski definition) is 3. The second-order valence-electron chi connectivity index (χ2n) is 5.91. The highest BCUT2D eigenvalue weighted by atomic mass is 16.5. The molecule has 116 valence electrons. The van der Waals surface area contributed by atoms with Gasteiger partial charge in [0.05, 0.1) is 6.10 Å². The molecule has 2 rings (SSSR count). The van der Waals surface area contributed by atoms with Gasteiger partial charge in [-0.05, 0) is 45.2 Å². The zero-order chi connectivity index (χ0) is 14.0. The first-order valence-corrected chi connectivity index (χ1v) is 8.21. The Balaban J connectivity index is 1.44. The van der Waals surface area contributed by atoms with Crippen molar-refractivity contribution in [1.82, 2.24) is 16.0 Å². The first-order chi connectivity index (χ1) is 9.84. The minimum Gasteiger partial charge on any atom is -0.378 e. The Hall–Kier alpha value is -0.810. The number of urea groups is 1. The molecule has 20 heavy (non-hydrogen) atoms. The van der Waals surface area contributed by atoms with Gasteiger partial charge >= 0.3 is 6.03 Å². The lowest BCUT2D eigenvalue weighted by Gasteiger charge is -2.23. The quantitative estimate of drug-likeness (QED) is 0.651. The summed E-state index contributed by atoms with van der Waals surface area (Å²) in [5.74, 6) is 0. The van der Waals surface area contributed by atoms with E-state index in [1.807, 2.05) is 0 Å². The SMILES string of the molecule is O=C(NCCCOC1CCNCC1)NC1CCCCC1. The van der Waals surface area contributed by atoms with Gasteiger partial charge in [-0.25, -0.2) is 4.79 Å². The van der Waals surface area contributed by atoms with Gasteiger partial charge < -0.3 is 20.7 Å². The highest BCUT2D eigenvalue weighted by Gasteiger charge is 2.15. The highest BCUT2D eigenvalue weighted by Crippen LogP contribution is 2.17. The number of carbonyl (C=O) groups excluding carboxylic acids is 1. The van der Waals surface area contributed by atoms with Crippen LogP contribution in [-0.4, -0.2) is 44.4 Å². The molecule has 2 aliphatic rings. The topological polar surface area (TPSA) is 62.4 Å². The van der Waals surface area contributed by atoms with Crippen LogP contribution in [0.3, 0.4) is 0 Å². The fourth-order valence-electron chi connectivity index (χ4n) is 2.97. The maximum Gasteiger partial charge on any atom is 0.315 e. The fourth-order valence-corrected chi connectivity index (χ4v) is 2.97. The van der Waals surface area contributed by atoms with Crippen molar-refractivity contribution in [2.24, 2.45) is 0 Å². The number of piperidine rings is 1. The minimum absolute atomic E-state index is 0.0150. The van der Waals surface area contributed by atoms with Crippen LogP contribution in [0.25, 0.3) is 0 Å². The van der Waals surface area contributed by atoms with E-state index >= 15 is 0 Å². The van der Waals surface area contributed by atoms with Crippen LogP contribution in [0.5, 0.6) is 0 Å². The largest absolute Gasteiger partial charge is 0.378 e. The van der Waals surface area contributed by atoms with E-state index in [4.69, 9.17) is 4.74 Å². The number of rotatable bonds is 6. The molecule has 2 fully saturated rings. The van der Waals surface area contributed by atoms with E-state index < -0.39 is 0 Å². The molecule has 1 heterocycles. The van der Waals surface area contributed by atoms with E-state index in [1.165, 1.54) is 19.3 Å². The van der Waals surface area contributed by atoms with Gasteiger partial charge in [-0.3, -0.25) is 0 Å². The van der Waals surface area contributed by atoms with E-state index in [0.717, 1.165) is 51.8 Å². The zero-order valence-corrected chi connectivity index (χ0v) is 12.5. The molecule has 0 unspecified atom stereocenters. The van der Waals surface area contributed by atoms with Gasteiger partial charge in [0.25, 0.3) is 0 Å². The Kier molecular flexibility index (Phi) is 7.15. The number of carbonyl (C=O) groups is 1. The molecule has 1 saturated carbocycles. The van der Waals surface area contributed by atoms with Crippen LogP contribution in [0.4, 0.5) is 4.79 Å². The van der Waals surface area contributed by atoms with Gasteiger partial charge in [-0.15, -0.1) is 0 Å². The molecule has 5 nitrogen and oxygen atoms in total. The molecule has 0 aromatic carbocycles. The molecule has 3 N–H and O–H groups in total. The van der Waals surface area contributed by atoms with Crippen LogP contribution in [-0.2, 0) is 4.74 Å². The maximum absolute atomic E-state index is 11.7. The number of hydrogen-bond donors (Lipinski definition) is 3. The predicted octanol–water partition coefficient (Wildman–Crippen LogP) is 1.78. The zero-order valence-electron chi connectivity index (χ0n) is 12.5. The third-order valence-corrected chi connectivity index (χ3v) is 4.19. The van der Waals surface area contributed by atoms with Gasteiger partial charge in [-0.2, -0.15) is 0 Å². The Bertz CT molecular complexity index is 274. The summed E-state index contributed by atoms with van der Waals surface area (Å²) in [6, 6.07) is 0.369. The monoisotopic (exact) mass is 283 g/mol. The molecule has 0 radical (unpaired) electrons. The van der Waals surface area contributed by atoms with Crippen molar-refractivity contribution in [3.05, 3.63) is 0 Å². The van der Waals surface area contributed by atoms with Gasteiger partial charge in [0.15, 0.2) is 0 Å². The highest BCUT2D eigenvalue weighted by molar-refractivity contribution is 5.74. The average Bonchev–Trinajstić information content (AvgIpc) is 2.49. The Morgan fingerprint density at radius 3 is 2.60 bits per heavy atom. The normalized spacial score (nSPS) is 21.6. The number of ether oxygens (including phenoxy) is 1. The maximum atomic E-state index is 11.7. The molecular weight excluding hydrogens is 254 g/mol. The van der Waals surface area contributed by atoms with Crippen molar-refractivity contribution in [2.75, 3.05) is 26.2 Å². The van der Waals surface area contributed by atoms with Crippen molar-refractivity contribution < 1.29 is 9.53 Å². The molecule has 0 aromatic heterocycles. The van der Waals surface area contributed by atoms with Crippen LogP contribution in [0.2, 0.25) is 0 Å². The van der Waals surface area contributed by atoms with Crippen LogP contribution >= 0.6 is 0 Å². The third kappa shape index (κ3) is 6.09. The van der Waals surface area contributed by atoms with Crippen molar-refractivity contribution in [1.29, 1.82) is 0 Å². The smallest absolute Gasteiger partial charge is 0.315 e. The Morgan fingerprint density at radius 1 is 1.10 bits per heavy atom. The summed E-state index contributed by atoms with van der Waals surface area (Å²) in [5.41, 5.74) is 0. The minimum atomic E-state index is -0.0150. The third-order valence-electron chi connectivity index (χ3n) is 4.19. The molecule has 2 amide bonds. The number of amides is 2. The molecule has 5 heteroatoms. The first kappa shape index (κ1) is 15.6. The predicted molar refractivity (Wildman–Crippen MR) is 79.9 cm³/mol. The lowest BCUT2D eigenvalue weighted by Crippen LogP contribution is -2.43. The van der Waals surface area contributed by atoms with Gasteiger partial charge in [-0.1, -0.05) is 19.3 Å². The summed E-state index contributed by atoms with van der Waals surface area (Å²) in [6.45, 7) is 3.57. The Labute approximate surface area is 122 Å². The van der Waals surface area contributed by atoms with Crippen molar-refractivity contribution in [3.8, 4) is 0 Å². The van der Waals surface area contributed by atoms with Crippen molar-refractivity contribution in [3.63, 3.8) is 0 Å². The number of nitrogens with one attached hydrogen (secondary N) is 3. The van der Waals surface area contributed by atoms with Gasteiger partial charge in [0.1, 0.15) is 0 Å². The van der Waals surface area contributed by atoms with E-state index in [9.17, 15) is 4.79 Å². The Morgan fingerprint density at radius 2 is 1.85 bits per heavy atom. The van der Waals surface area contributed by atoms with E-state index in [2.05, 4.69) is 16.0 Å². The lowest BCUT2D eigenvalue weighted by atomic mass is 9.96. The second kappa shape index (κ2) is 9.19.